The average Bonchev–Trinajstić information content (AvgIpc) is 1.84. The first-order valence-corrected chi connectivity index (χ1v) is 3.54. The van der Waals surface area contributed by atoms with Gasteiger partial charge in [-0.2, -0.15) is 0 Å². The van der Waals surface area contributed by atoms with Crippen LogP contribution in [0.5, 0.6) is 0 Å². The van der Waals surface area contributed by atoms with Gasteiger partial charge in [0.2, 0.25) is 0 Å². The van der Waals surface area contributed by atoms with Gasteiger partial charge in [0.05, 0.1) is 5.71 Å². The lowest BCUT2D eigenvalue weighted by molar-refractivity contribution is 0.443. The highest BCUT2D eigenvalue weighted by Crippen LogP contribution is 1.98. The Balaban J connectivity index is 3.83. The van der Waals surface area contributed by atoms with E-state index in [2.05, 4.69) is 0 Å². The maximum Gasteiger partial charge on any atom is 0.142 e. The van der Waals surface area contributed by atoms with E-state index in [1.54, 1.807) is 0 Å². The fourth-order valence-corrected chi connectivity index (χ4v) is 0.623. The third-order valence-corrected chi connectivity index (χ3v) is 1.36. The molecule has 0 radical (unpaired) electrons. The van der Waals surface area contributed by atoms with Crippen LogP contribution in [-0.4, -0.2) is 10.8 Å². The third kappa shape index (κ3) is 2.30. The van der Waals surface area contributed by atoms with Crippen molar-refractivity contribution in [2.45, 2.75) is 13.3 Å². The van der Waals surface area contributed by atoms with Gasteiger partial charge in [-0.25, -0.2) is 0 Å². The van der Waals surface area contributed by atoms with Crippen molar-refractivity contribution in [3.8, 4) is 0 Å². The maximum absolute atomic E-state index is 8.76. The minimum Gasteiger partial charge on any atom is -0.506 e. The van der Waals surface area contributed by atoms with Crippen molar-refractivity contribution in [1.82, 2.24) is 0 Å². The summed E-state index contributed by atoms with van der Waals surface area (Å²) >= 11 is 1.90. The number of rotatable bonds is 2. The highest BCUT2D eigenvalue weighted by Gasteiger charge is 1.95. The zero-order valence-corrected chi connectivity index (χ0v) is 6.77. The van der Waals surface area contributed by atoms with E-state index in [0.717, 1.165) is 0 Å². The molecule has 0 amide bonds. The second kappa shape index (κ2) is 3.88. The first kappa shape index (κ1) is 7.94. The van der Waals surface area contributed by atoms with Crippen LogP contribution in [0.4, 0.5) is 0 Å². The van der Waals surface area contributed by atoms with Crippen molar-refractivity contribution in [2.24, 2.45) is 0 Å². The van der Waals surface area contributed by atoms with Crippen molar-refractivity contribution in [3.05, 3.63) is 9.84 Å². The summed E-state index contributed by atoms with van der Waals surface area (Å²) in [5.41, 5.74) is 0.291. The highest BCUT2D eigenvalue weighted by molar-refractivity contribution is 14.1. The molecule has 8 heavy (non-hydrogen) atoms. The van der Waals surface area contributed by atoms with Crippen molar-refractivity contribution >= 4 is 28.3 Å². The fourth-order valence-electron chi connectivity index (χ4n) is 0.247. The van der Waals surface area contributed by atoms with Crippen molar-refractivity contribution in [2.75, 3.05) is 0 Å². The molecule has 0 saturated heterocycles. The maximum atomic E-state index is 8.76. The third-order valence-electron chi connectivity index (χ3n) is 0.766. The Morgan fingerprint density at radius 1 is 1.88 bits per heavy atom. The smallest absolute Gasteiger partial charge is 0.142 e. The van der Waals surface area contributed by atoms with Crippen LogP contribution in [0.25, 0.3) is 0 Å². The fraction of sp³-hybridized carbons (Fsp3) is 0.400. The van der Waals surface area contributed by atoms with E-state index in [4.69, 9.17) is 10.5 Å². The molecular weight excluding hydrogens is 217 g/mol. The molecule has 3 heteroatoms. The van der Waals surface area contributed by atoms with Crippen LogP contribution in [0.15, 0.2) is 9.84 Å². The molecule has 0 spiro atoms. The standard InChI is InChI=1S/C5H8INO/c1-2-4(7)5(8)3-6/h3,7-8H,2H2,1H3/b5-3-,7-4?. The van der Waals surface area contributed by atoms with Gasteiger partial charge in [-0.15, -0.1) is 0 Å². The summed E-state index contributed by atoms with van der Waals surface area (Å²) in [5, 5.41) is 15.8. The van der Waals surface area contributed by atoms with Crippen molar-refractivity contribution < 1.29 is 5.11 Å². The Kier molecular flexibility index (Phi) is 3.85. The molecule has 0 aliphatic carbocycles. The predicted octanol–water partition coefficient (Wildman–Crippen LogP) is 2.25. The van der Waals surface area contributed by atoms with Crippen LogP contribution in [0.2, 0.25) is 0 Å². The summed E-state index contributed by atoms with van der Waals surface area (Å²) < 4.78 is 1.49. The molecule has 2 nitrogen and oxygen atoms in total. The number of allylic oxidation sites excluding steroid dienone is 1. The van der Waals surface area contributed by atoms with Gasteiger partial charge in [0.1, 0.15) is 5.76 Å². The van der Waals surface area contributed by atoms with Gasteiger partial charge in [0.25, 0.3) is 0 Å². The number of hydrogen-bond acceptors (Lipinski definition) is 2. The molecule has 0 saturated carbocycles. The summed E-state index contributed by atoms with van der Waals surface area (Å²) in [6.45, 7) is 1.83. The second-order valence-electron chi connectivity index (χ2n) is 1.33. The summed E-state index contributed by atoms with van der Waals surface area (Å²) in [4.78, 5) is 0. The second-order valence-corrected chi connectivity index (χ2v) is 1.95. The average molecular weight is 225 g/mol. The van der Waals surface area contributed by atoms with Gasteiger partial charge in [-0.3, -0.25) is 0 Å². The van der Waals surface area contributed by atoms with Gasteiger partial charge in [-0.05, 0) is 29.0 Å². The normalized spacial score (nSPS) is 11.5. The number of hydrogen-bond donors (Lipinski definition) is 2. The van der Waals surface area contributed by atoms with Crippen LogP contribution in [0, 0.1) is 5.41 Å². The summed E-state index contributed by atoms with van der Waals surface area (Å²) in [7, 11) is 0. The topological polar surface area (TPSA) is 44.1 Å². The Bertz CT molecular complexity index is 120. The van der Waals surface area contributed by atoms with E-state index < -0.39 is 0 Å². The van der Waals surface area contributed by atoms with Crippen LogP contribution in [0.1, 0.15) is 13.3 Å². The number of aliphatic hydroxyl groups excluding tert-OH is 1. The van der Waals surface area contributed by atoms with Gasteiger partial charge in [0, 0.05) is 4.08 Å². The van der Waals surface area contributed by atoms with Gasteiger partial charge in [-0.1, -0.05) is 6.92 Å². The van der Waals surface area contributed by atoms with Gasteiger partial charge >= 0.3 is 0 Å². The Morgan fingerprint density at radius 2 is 2.38 bits per heavy atom. The minimum atomic E-state index is 0.0769. The van der Waals surface area contributed by atoms with Crippen LogP contribution in [0.3, 0.4) is 0 Å². The number of halogens is 1. The summed E-state index contributed by atoms with van der Waals surface area (Å²) in [6.07, 6.45) is 0.589. The lowest BCUT2D eigenvalue weighted by atomic mass is 10.3. The molecule has 0 aliphatic heterocycles. The molecule has 0 aromatic rings. The molecule has 0 aromatic carbocycles. The molecule has 0 heterocycles. The van der Waals surface area contributed by atoms with E-state index in [1.165, 1.54) is 4.08 Å². The molecule has 0 unspecified atom stereocenters. The van der Waals surface area contributed by atoms with Crippen LogP contribution in [-0.2, 0) is 0 Å². The predicted molar refractivity (Wildman–Crippen MR) is 42.7 cm³/mol. The Hall–Kier alpha value is -0.0600. The lowest BCUT2D eigenvalue weighted by Crippen LogP contribution is -1.95. The first-order valence-electron chi connectivity index (χ1n) is 2.29. The SMILES string of the molecule is CCC(=N)/C(O)=C/I. The zero-order chi connectivity index (χ0) is 6.57. The quantitative estimate of drug-likeness (QED) is 0.422. The van der Waals surface area contributed by atoms with Crippen LogP contribution < -0.4 is 0 Å². The Morgan fingerprint density at radius 3 is 2.50 bits per heavy atom. The largest absolute Gasteiger partial charge is 0.506 e. The van der Waals surface area contributed by atoms with E-state index in [-0.39, 0.29) is 5.76 Å². The first-order chi connectivity index (χ1) is 3.72. The summed E-state index contributed by atoms with van der Waals surface area (Å²) in [6, 6.07) is 0. The van der Waals surface area contributed by atoms with Gasteiger partial charge < -0.3 is 10.5 Å². The molecule has 0 aromatic heterocycles. The van der Waals surface area contributed by atoms with E-state index >= 15 is 0 Å². The molecule has 0 rings (SSSR count). The highest BCUT2D eigenvalue weighted by atomic mass is 127. The minimum absolute atomic E-state index is 0.0769. The van der Waals surface area contributed by atoms with E-state index in [9.17, 15) is 0 Å². The van der Waals surface area contributed by atoms with Crippen molar-refractivity contribution in [1.29, 1.82) is 5.41 Å². The molecular formula is C5H8INO. The Labute approximate surface area is 62.3 Å². The molecule has 46 valence electrons. The van der Waals surface area contributed by atoms with Crippen LogP contribution >= 0.6 is 22.6 Å². The number of aliphatic hydroxyl groups is 1. The lowest BCUT2D eigenvalue weighted by Gasteiger charge is -1.93. The molecule has 0 fully saturated rings. The molecule has 2 N–H and O–H groups in total. The molecule has 0 aliphatic rings. The van der Waals surface area contributed by atoms with Gasteiger partial charge in [0.15, 0.2) is 0 Å². The zero-order valence-electron chi connectivity index (χ0n) is 4.61. The molecule has 0 atom stereocenters. The van der Waals surface area contributed by atoms with E-state index in [1.807, 2.05) is 29.5 Å². The monoisotopic (exact) mass is 225 g/mol. The summed E-state index contributed by atoms with van der Waals surface area (Å²) in [5.74, 6) is 0.0769. The molecule has 0 bridgehead atoms. The van der Waals surface area contributed by atoms with Crippen molar-refractivity contribution in [3.63, 3.8) is 0 Å². The number of nitrogens with one attached hydrogen (secondary N) is 1. The van der Waals surface area contributed by atoms with E-state index in [0.29, 0.717) is 12.1 Å².